The van der Waals surface area contributed by atoms with Crippen LogP contribution in [-0.4, -0.2) is 10.8 Å². The number of nitrogens with two attached hydrogens (primary N) is 1. The van der Waals surface area contributed by atoms with E-state index >= 15 is 0 Å². The molecular weight excluding hydrogens is 285 g/mol. The summed E-state index contributed by atoms with van der Waals surface area (Å²) in [5, 5.41) is 4.92. The number of hydrogen-bond donors (Lipinski definition) is 1. The molecule has 1 aromatic heterocycles. The zero-order valence-electron chi connectivity index (χ0n) is 9.88. The first-order chi connectivity index (χ1) is 9.16. The first kappa shape index (κ1) is 13.6. The molecule has 0 amide bonds. The highest BCUT2D eigenvalue weighted by Crippen LogP contribution is 2.21. The van der Waals surface area contributed by atoms with Crippen molar-refractivity contribution in [1.29, 1.82) is 0 Å². The Morgan fingerprint density at radius 3 is 2.84 bits per heavy atom. The average Bonchev–Trinajstić information content (AvgIpc) is 2.42. The van der Waals surface area contributed by atoms with Crippen molar-refractivity contribution in [2.24, 2.45) is 10.9 Å². The van der Waals surface area contributed by atoms with Gasteiger partial charge in [0.15, 0.2) is 5.84 Å². The van der Waals surface area contributed by atoms with E-state index in [0.29, 0.717) is 15.6 Å². The van der Waals surface area contributed by atoms with Gasteiger partial charge in [-0.1, -0.05) is 34.4 Å². The molecule has 0 spiro atoms. The minimum absolute atomic E-state index is 0.219. The zero-order chi connectivity index (χ0) is 13.7. The van der Waals surface area contributed by atoms with Crippen molar-refractivity contribution in [3.05, 3.63) is 63.9 Å². The molecule has 0 aliphatic rings. The molecule has 0 atom stereocenters. The second-order valence-electron chi connectivity index (χ2n) is 3.73. The zero-order valence-corrected chi connectivity index (χ0v) is 11.4. The second kappa shape index (κ2) is 6.41. The van der Waals surface area contributed by atoms with Crippen LogP contribution in [0.2, 0.25) is 10.0 Å². The van der Waals surface area contributed by atoms with Gasteiger partial charge in [-0.05, 0) is 24.3 Å². The van der Waals surface area contributed by atoms with Gasteiger partial charge < -0.3 is 10.6 Å². The smallest absolute Gasteiger partial charge is 0.171 e. The van der Waals surface area contributed by atoms with Gasteiger partial charge in [0, 0.05) is 33.6 Å². The molecule has 1 heterocycles. The fourth-order valence-electron chi connectivity index (χ4n) is 1.38. The summed E-state index contributed by atoms with van der Waals surface area (Å²) in [5.41, 5.74) is 7.24. The van der Waals surface area contributed by atoms with Gasteiger partial charge in [0.1, 0.15) is 6.61 Å². The van der Waals surface area contributed by atoms with Gasteiger partial charge in [-0.25, -0.2) is 0 Å². The van der Waals surface area contributed by atoms with Crippen molar-refractivity contribution in [2.45, 2.75) is 6.61 Å². The van der Waals surface area contributed by atoms with Crippen LogP contribution in [-0.2, 0) is 11.4 Å². The van der Waals surface area contributed by atoms with Gasteiger partial charge in [0.2, 0.25) is 0 Å². The quantitative estimate of drug-likeness (QED) is 0.535. The van der Waals surface area contributed by atoms with E-state index in [0.717, 1.165) is 5.56 Å². The lowest BCUT2D eigenvalue weighted by atomic mass is 10.2. The molecule has 98 valence electrons. The highest BCUT2D eigenvalue weighted by molar-refractivity contribution is 6.35. The number of aromatic nitrogens is 1. The molecule has 0 radical (unpaired) electrons. The Hall–Kier alpha value is -1.78. The maximum absolute atomic E-state index is 6.01. The summed E-state index contributed by atoms with van der Waals surface area (Å²) >= 11 is 11.8. The number of hydrogen-bond acceptors (Lipinski definition) is 3. The summed E-state index contributed by atoms with van der Waals surface area (Å²) in [7, 11) is 0. The standard InChI is InChI=1S/C13H11Cl2N3O/c14-11-4-3-10(12(15)6-11)8-19-18-13(16)9-2-1-5-17-7-9/h1-7H,8H2,(H2,16,18). The molecule has 1 aromatic carbocycles. The first-order valence-corrected chi connectivity index (χ1v) is 6.22. The summed E-state index contributed by atoms with van der Waals surface area (Å²) in [6.07, 6.45) is 3.27. The fraction of sp³-hybridized carbons (Fsp3) is 0.0769. The normalized spacial score (nSPS) is 11.4. The number of benzene rings is 1. The van der Waals surface area contributed by atoms with E-state index in [1.165, 1.54) is 0 Å². The second-order valence-corrected chi connectivity index (χ2v) is 4.57. The Bertz CT molecular complexity index is 588. The lowest BCUT2D eigenvalue weighted by molar-refractivity contribution is 0.130. The molecule has 6 heteroatoms. The van der Waals surface area contributed by atoms with E-state index in [-0.39, 0.29) is 12.4 Å². The Morgan fingerprint density at radius 2 is 2.16 bits per heavy atom. The minimum atomic E-state index is 0.219. The molecule has 2 rings (SSSR count). The van der Waals surface area contributed by atoms with Gasteiger partial charge in [-0.3, -0.25) is 4.98 Å². The highest BCUT2D eigenvalue weighted by Gasteiger charge is 2.02. The topological polar surface area (TPSA) is 60.5 Å². The molecular formula is C13H11Cl2N3O. The summed E-state index contributed by atoms with van der Waals surface area (Å²) in [6, 6.07) is 8.73. The SMILES string of the molecule is NC(=NOCc1ccc(Cl)cc1Cl)c1cccnc1. The third-order valence-electron chi connectivity index (χ3n) is 2.36. The average molecular weight is 296 g/mol. The lowest BCUT2D eigenvalue weighted by Gasteiger charge is -2.04. The van der Waals surface area contributed by atoms with Gasteiger partial charge in [0.05, 0.1) is 0 Å². The first-order valence-electron chi connectivity index (χ1n) is 5.46. The third-order valence-corrected chi connectivity index (χ3v) is 2.94. The van der Waals surface area contributed by atoms with Gasteiger partial charge in [0.25, 0.3) is 0 Å². The van der Waals surface area contributed by atoms with Crippen molar-refractivity contribution in [3.63, 3.8) is 0 Å². The monoisotopic (exact) mass is 295 g/mol. The number of rotatable bonds is 4. The Morgan fingerprint density at radius 1 is 1.32 bits per heavy atom. The molecule has 2 N–H and O–H groups in total. The van der Waals surface area contributed by atoms with E-state index in [9.17, 15) is 0 Å². The van der Waals surface area contributed by atoms with Crippen LogP contribution < -0.4 is 5.73 Å². The Kier molecular flexibility index (Phi) is 4.60. The summed E-state index contributed by atoms with van der Waals surface area (Å²) in [4.78, 5) is 9.11. The maximum atomic E-state index is 6.01. The van der Waals surface area contributed by atoms with Crippen molar-refractivity contribution >= 4 is 29.0 Å². The number of amidine groups is 1. The molecule has 0 aliphatic heterocycles. The van der Waals surface area contributed by atoms with Gasteiger partial charge in [-0.2, -0.15) is 0 Å². The predicted octanol–water partition coefficient (Wildman–Crippen LogP) is 3.23. The van der Waals surface area contributed by atoms with Gasteiger partial charge >= 0.3 is 0 Å². The van der Waals surface area contributed by atoms with Crippen LogP contribution in [0.3, 0.4) is 0 Å². The minimum Gasteiger partial charge on any atom is -0.389 e. The largest absolute Gasteiger partial charge is 0.389 e. The summed E-state index contributed by atoms with van der Waals surface area (Å²) in [5.74, 6) is 0.262. The fourth-order valence-corrected chi connectivity index (χ4v) is 1.84. The summed E-state index contributed by atoms with van der Waals surface area (Å²) in [6.45, 7) is 0.219. The lowest BCUT2D eigenvalue weighted by Crippen LogP contribution is -2.14. The van der Waals surface area contributed by atoms with Crippen LogP contribution in [0.15, 0.2) is 47.9 Å². The van der Waals surface area contributed by atoms with Crippen LogP contribution in [0.5, 0.6) is 0 Å². The van der Waals surface area contributed by atoms with Crippen LogP contribution in [0.1, 0.15) is 11.1 Å². The number of halogens is 2. The Balaban J connectivity index is 2.00. The molecule has 2 aromatic rings. The van der Waals surface area contributed by atoms with E-state index < -0.39 is 0 Å². The van der Waals surface area contributed by atoms with Crippen molar-refractivity contribution < 1.29 is 4.84 Å². The molecule has 0 bridgehead atoms. The molecule has 4 nitrogen and oxygen atoms in total. The van der Waals surface area contributed by atoms with Gasteiger partial charge in [-0.15, -0.1) is 0 Å². The van der Waals surface area contributed by atoms with E-state index in [1.807, 2.05) is 0 Å². The number of oxime groups is 1. The highest BCUT2D eigenvalue weighted by atomic mass is 35.5. The number of nitrogens with zero attached hydrogens (tertiary/aromatic N) is 2. The molecule has 0 saturated heterocycles. The van der Waals surface area contributed by atoms with E-state index in [1.54, 1.807) is 42.7 Å². The Labute approximate surface area is 120 Å². The summed E-state index contributed by atoms with van der Waals surface area (Å²) < 4.78 is 0. The van der Waals surface area contributed by atoms with Crippen LogP contribution in [0, 0.1) is 0 Å². The van der Waals surface area contributed by atoms with E-state index in [4.69, 9.17) is 33.8 Å². The number of pyridine rings is 1. The molecule has 19 heavy (non-hydrogen) atoms. The third kappa shape index (κ3) is 3.84. The van der Waals surface area contributed by atoms with Crippen molar-refractivity contribution in [1.82, 2.24) is 4.98 Å². The molecule has 0 unspecified atom stereocenters. The van der Waals surface area contributed by atoms with Crippen molar-refractivity contribution in [3.8, 4) is 0 Å². The molecule has 0 aliphatic carbocycles. The molecule has 0 fully saturated rings. The van der Waals surface area contributed by atoms with Crippen LogP contribution in [0.25, 0.3) is 0 Å². The molecule has 0 saturated carbocycles. The predicted molar refractivity (Wildman–Crippen MR) is 76.2 cm³/mol. The maximum Gasteiger partial charge on any atom is 0.171 e. The van der Waals surface area contributed by atoms with Crippen LogP contribution >= 0.6 is 23.2 Å². The van der Waals surface area contributed by atoms with E-state index in [2.05, 4.69) is 10.1 Å². The van der Waals surface area contributed by atoms with Crippen molar-refractivity contribution in [2.75, 3.05) is 0 Å². The van der Waals surface area contributed by atoms with Crippen LogP contribution in [0.4, 0.5) is 0 Å².